The van der Waals surface area contributed by atoms with E-state index in [1.807, 2.05) is 78.9 Å². The number of hydrogen-bond donors (Lipinski definition) is 1. The molecule has 0 radical (unpaired) electrons. The van der Waals surface area contributed by atoms with Gasteiger partial charge in [0.25, 0.3) is 5.56 Å². The van der Waals surface area contributed by atoms with Crippen LogP contribution in [0, 0.1) is 0 Å². The lowest BCUT2D eigenvalue weighted by Gasteiger charge is -2.13. The normalized spacial score (nSPS) is 11.1. The van der Waals surface area contributed by atoms with Crippen molar-refractivity contribution >= 4 is 28.8 Å². The number of fused-ring (bicyclic) bond motifs is 1. The van der Waals surface area contributed by atoms with Crippen LogP contribution in [-0.2, 0) is 11.2 Å². The van der Waals surface area contributed by atoms with Crippen molar-refractivity contribution in [3.63, 3.8) is 0 Å². The van der Waals surface area contributed by atoms with Gasteiger partial charge in [-0.3, -0.25) is 24.1 Å². The van der Waals surface area contributed by atoms with E-state index in [2.05, 4.69) is 25.3 Å². The molecule has 6 aromatic rings. The van der Waals surface area contributed by atoms with Crippen LogP contribution in [0.1, 0.15) is 16.8 Å². The van der Waals surface area contributed by atoms with Crippen molar-refractivity contribution in [1.29, 1.82) is 0 Å². The Labute approximate surface area is 235 Å². The van der Waals surface area contributed by atoms with Crippen molar-refractivity contribution in [3.05, 3.63) is 149 Å². The first-order chi connectivity index (χ1) is 20.1. The van der Waals surface area contributed by atoms with E-state index in [0.29, 0.717) is 34.7 Å². The minimum atomic E-state index is -0.248. The standard InChI is InChI=1S/C33H24N6O2/c40-31(14-13-23-6-3-15-34-21-23)37-27-10-1-8-25(19-27)26-9-2-11-28(20-26)39-32-29(12-5-17-36-32)38-30(33(39)41)18-24-7-4-16-35-22-24/h1-17,19-22H,18H2,(H,37,40)/b14-13+. The quantitative estimate of drug-likeness (QED) is 0.271. The summed E-state index contributed by atoms with van der Waals surface area (Å²) in [4.78, 5) is 43.6. The average molecular weight is 537 g/mol. The van der Waals surface area contributed by atoms with E-state index in [9.17, 15) is 9.59 Å². The van der Waals surface area contributed by atoms with Crippen LogP contribution in [0.25, 0.3) is 34.1 Å². The highest BCUT2D eigenvalue weighted by Gasteiger charge is 2.15. The van der Waals surface area contributed by atoms with E-state index in [0.717, 1.165) is 22.3 Å². The second-order valence-corrected chi connectivity index (χ2v) is 9.32. The molecule has 0 saturated carbocycles. The highest BCUT2D eigenvalue weighted by atomic mass is 16.1. The Balaban J connectivity index is 1.33. The summed E-state index contributed by atoms with van der Waals surface area (Å²) in [5.74, 6) is -0.248. The topological polar surface area (TPSA) is 103 Å². The molecule has 0 aliphatic rings. The molecule has 2 aromatic carbocycles. The molecule has 41 heavy (non-hydrogen) atoms. The minimum absolute atomic E-state index is 0.237. The third kappa shape index (κ3) is 5.81. The number of nitrogens with one attached hydrogen (secondary N) is 1. The zero-order valence-corrected chi connectivity index (χ0v) is 21.9. The summed E-state index contributed by atoms with van der Waals surface area (Å²) < 4.78 is 1.60. The second-order valence-electron chi connectivity index (χ2n) is 9.32. The summed E-state index contributed by atoms with van der Waals surface area (Å²) in [6.07, 6.45) is 12.0. The van der Waals surface area contributed by atoms with Crippen molar-refractivity contribution in [3.8, 4) is 16.8 Å². The van der Waals surface area contributed by atoms with Gasteiger partial charge in [0.2, 0.25) is 5.91 Å². The Hall–Kier alpha value is -5.76. The maximum Gasteiger partial charge on any atom is 0.278 e. The van der Waals surface area contributed by atoms with Crippen LogP contribution in [0.15, 0.2) is 127 Å². The maximum absolute atomic E-state index is 13.8. The van der Waals surface area contributed by atoms with Crippen molar-refractivity contribution in [2.45, 2.75) is 6.42 Å². The number of carbonyl (C=O) groups excluding carboxylic acids is 1. The fraction of sp³-hybridized carbons (Fsp3) is 0.0303. The molecule has 0 bridgehead atoms. The smallest absolute Gasteiger partial charge is 0.278 e. The summed E-state index contributed by atoms with van der Waals surface area (Å²) in [5.41, 5.74) is 6.10. The van der Waals surface area contributed by atoms with Gasteiger partial charge < -0.3 is 5.32 Å². The van der Waals surface area contributed by atoms with E-state index in [4.69, 9.17) is 0 Å². The van der Waals surface area contributed by atoms with Gasteiger partial charge in [-0.05, 0) is 76.9 Å². The molecule has 4 aromatic heterocycles. The number of rotatable bonds is 7. The number of benzene rings is 2. The summed E-state index contributed by atoms with van der Waals surface area (Å²) in [7, 11) is 0. The van der Waals surface area contributed by atoms with E-state index in [1.165, 1.54) is 6.08 Å². The number of aromatic nitrogens is 5. The third-order valence-electron chi connectivity index (χ3n) is 6.46. The number of hydrogen-bond acceptors (Lipinski definition) is 6. The molecular formula is C33H24N6O2. The van der Waals surface area contributed by atoms with Crippen LogP contribution < -0.4 is 10.9 Å². The van der Waals surface area contributed by atoms with E-state index < -0.39 is 0 Å². The predicted octanol–water partition coefficient (Wildman–Crippen LogP) is 5.48. The lowest BCUT2D eigenvalue weighted by Crippen LogP contribution is -2.25. The van der Waals surface area contributed by atoms with Crippen molar-refractivity contribution in [1.82, 2.24) is 24.5 Å². The molecule has 1 N–H and O–H groups in total. The first-order valence-electron chi connectivity index (χ1n) is 13.0. The monoisotopic (exact) mass is 536 g/mol. The Bertz CT molecular complexity index is 1940. The molecule has 0 fully saturated rings. The van der Waals surface area contributed by atoms with E-state index in [1.54, 1.807) is 47.7 Å². The third-order valence-corrected chi connectivity index (χ3v) is 6.46. The molecule has 0 unspecified atom stereocenters. The van der Waals surface area contributed by atoms with Crippen LogP contribution in [-0.4, -0.2) is 30.4 Å². The Kier molecular flexibility index (Phi) is 7.19. The first-order valence-corrected chi connectivity index (χ1v) is 13.0. The molecule has 1 amide bonds. The van der Waals surface area contributed by atoms with Gasteiger partial charge in [0.1, 0.15) is 11.2 Å². The first kappa shape index (κ1) is 25.5. The summed E-state index contributed by atoms with van der Waals surface area (Å²) in [6.45, 7) is 0. The van der Waals surface area contributed by atoms with E-state index >= 15 is 0 Å². The largest absolute Gasteiger partial charge is 0.322 e. The Morgan fingerprint density at radius 2 is 1.61 bits per heavy atom. The van der Waals surface area contributed by atoms with Crippen LogP contribution in [0.3, 0.4) is 0 Å². The summed E-state index contributed by atoms with van der Waals surface area (Å²) >= 11 is 0. The molecule has 0 aliphatic heterocycles. The molecule has 0 atom stereocenters. The molecule has 198 valence electrons. The van der Waals surface area contributed by atoms with Gasteiger partial charge in [0, 0.05) is 49.2 Å². The van der Waals surface area contributed by atoms with Crippen LogP contribution in [0.5, 0.6) is 0 Å². The highest BCUT2D eigenvalue weighted by Crippen LogP contribution is 2.26. The summed E-state index contributed by atoms with van der Waals surface area (Å²) in [6, 6.07) is 26.4. The van der Waals surface area contributed by atoms with Gasteiger partial charge >= 0.3 is 0 Å². The Morgan fingerprint density at radius 1 is 0.829 bits per heavy atom. The zero-order chi connectivity index (χ0) is 28.0. The van der Waals surface area contributed by atoms with Crippen LogP contribution in [0.4, 0.5) is 5.69 Å². The van der Waals surface area contributed by atoms with Gasteiger partial charge in [-0.2, -0.15) is 0 Å². The molecule has 8 heteroatoms. The fourth-order valence-electron chi connectivity index (χ4n) is 4.55. The Morgan fingerprint density at radius 3 is 2.41 bits per heavy atom. The number of anilines is 1. The number of pyridine rings is 3. The molecule has 4 heterocycles. The van der Waals surface area contributed by atoms with Crippen LogP contribution >= 0.6 is 0 Å². The van der Waals surface area contributed by atoms with Gasteiger partial charge in [-0.1, -0.05) is 36.4 Å². The van der Waals surface area contributed by atoms with Crippen molar-refractivity contribution in [2.24, 2.45) is 0 Å². The highest BCUT2D eigenvalue weighted by molar-refractivity contribution is 6.02. The number of nitrogens with zero attached hydrogens (tertiary/aromatic N) is 5. The lowest BCUT2D eigenvalue weighted by molar-refractivity contribution is -0.111. The number of amides is 1. The van der Waals surface area contributed by atoms with Gasteiger partial charge in [-0.15, -0.1) is 0 Å². The number of carbonyl (C=O) groups is 1. The van der Waals surface area contributed by atoms with Crippen molar-refractivity contribution in [2.75, 3.05) is 5.32 Å². The van der Waals surface area contributed by atoms with Crippen LogP contribution in [0.2, 0.25) is 0 Å². The zero-order valence-electron chi connectivity index (χ0n) is 21.9. The van der Waals surface area contributed by atoms with Gasteiger partial charge in [-0.25, -0.2) is 9.97 Å². The fourth-order valence-corrected chi connectivity index (χ4v) is 4.55. The molecule has 0 saturated heterocycles. The average Bonchev–Trinajstić information content (AvgIpc) is 3.02. The molecule has 0 aliphatic carbocycles. The molecule has 6 rings (SSSR count). The maximum atomic E-state index is 13.8. The van der Waals surface area contributed by atoms with E-state index in [-0.39, 0.29) is 11.5 Å². The second kappa shape index (κ2) is 11.5. The minimum Gasteiger partial charge on any atom is -0.322 e. The van der Waals surface area contributed by atoms with Crippen molar-refractivity contribution < 1.29 is 4.79 Å². The molecule has 8 nitrogen and oxygen atoms in total. The predicted molar refractivity (Wildman–Crippen MR) is 160 cm³/mol. The SMILES string of the molecule is O=C(/C=C/c1cccnc1)Nc1cccc(-c2cccc(-n3c(=O)c(Cc4cccnc4)nc4cccnc43)c2)c1. The lowest BCUT2D eigenvalue weighted by atomic mass is 10.0. The van der Waals surface area contributed by atoms with Gasteiger partial charge in [0.05, 0.1) is 5.69 Å². The molecular weight excluding hydrogens is 512 g/mol. The van der Waals surface area contributed by atoms with Gasteiger partial charge in [0.15, 0.2) is 5.65 Å². The molecule has 0 spiro atoms. The summed E-state index contributed by atoms with van der Waals surface area (Å²) in [5, 5.41) is 2.91.